The number of carbonyl (C=O) groups excluding carboxylic acids is 1. The van der Waals surface area contributed by atoms with Crippen LogP contribution in [0.3, 0.4) is 0 Å². The SMILES string of the molecule is O=C(N[C@H](CN1CCCC1)[C@H](O)c1cc(F)c2c(c1)CCCO2)[C@@H]1CCN(c2cccc(Oc3ccc(F)cc3)n2)C1. The molecule has 1 aromatic heterocycles. The highest BCUT2D eigenvalue weighted by atomic mass is 19.1. The number of anilines is 1. The van der Waals surface area contributed by atoms with Gasteiger partial charge in [-0.3, -0.25) is 4.79 Å². The van der Waals surface area contributed by atoms with Gasteiger partial charge in [-0.1, -0.05) is 6.07 Å². The quantitative estimate of drug-likeness (QED) is 0.383. The average molecular weight is 579 g/mol. The molecular formula is C32H36F2N4O4. The van der Waals surface area contributed by atoms with Crippen molar-refractivity contribution in [1.29, 1.82) is 0 Å². The molecule has 0 spiro atoms. The number of pyridine rings is 1. The van der Waals surface area contributed by atoms with Crippen LogP contribution in [0.2, 0.25) is 0 Å². The Morgan fingerprint density at radius 2 is 1.90 bits per heavy atom. The number of aromatic nitrogens is 1. The molecule has 6 rings (SSSR count). The summed E-state index contributed by atoms with van der Waals surface area (Å²) in [6.07, 6.45) is 3.22. The Bertz CT molecular complexity index is 1400. The Hall–Kier alpha value is -3.76. The summed E-state index contributed by atoms with van der Waals surface area (Å²) in [4.78, 5) is 22.4. The van der Waals surface area contributed by atoms with Crippen LogP contribution in [0.1, 0.15) is 42.9 Å². The second kappa shape index (κ2) is 12.6. The summed E-state index contributed by atoms with van der Waals surface area (Å²) in [7, 11) is 0. The monoisotopic (exact) mass is 578 g/mol. The fraction of sp³-hybridized carbons (Fsp3) is 0.438. The Labute approximate surface area is 244 Å². The van der Waals surface area contributed by atoms with Crippen LogP contribution >= 0.6 is 0 Å². The summed E-state index contributed by atoms with van der Waals surface area (Å²) in [5, 5.41) is 14.6. The minimum Gasteiger partial charge on any atom is -0.490 e. The standard InChI is InChI=1S/C32H36F2N4O4/c33-24-8-10-25(11-9-24)42-29-7-3-6-28(36-29)38-15-12-22(19-38)32(40)35-27(20-37-13-1-2-14-37)30(39)23-17-21-5-4-16-41-31(21)26(34)18-23/h3,6-11,17-18,22,27,30,39H,1-2,4-5,12-16,19-20H2,(H,35,40)/t22-,27-,30-/m1/s1. The number of nitrogens with zero attached hydrogens (tertiary/aromatic N) is 3. The van der Waals surface area contributed by atoms with Gasteiger partial charge in [0.2, 0.25) is 11.8 Å². The normalized spacial score (nSPS) is 20.1. The first kappa shape index (κ1) is 28.4. The van der Waals surface area contributed by atoms with E-state index < -0.39 is 18.0 Å². The summed E-state index contributed by atoms with van der Waals surface area (Å²) in [6.45, 7) is 3.90. The van der Waals surface area contributed by atoms with Gasteiger partial charge in [0, 0.05) is 25.7 Å². The maximum absolute atomic E-state index is 14.9. The van der Waals surface area contributed by atoms with E-state index in [1.165, 1.54) is 18.2 Å². The molecular weight excluding hydrogens is 542 g/mol. The molecule has 2 aromatic carbocycles. The van der Waals surface area contributed by atoms with E-state index in [-0.39, 0.29) is 23.4 Å². The third kappa shape index (κ3) is 6.50. The first-order chi connectivity index (χ1) is 20.4. The van der Waals surface area contributed by atoms with E-state index in [9.17, 15) is 18.7 Å². The third-order valence-corrected chi connectivity index (χ3v) is 8.31. The van der Waals surface area contributed by atoms with Crippen LogP contribution < -0.4 is 19.7 Å². The highest BCUT2D eigenvalue weighted by Crippen LogP contribution is 2.33. The predicted octanol–water partition coefficient (Wildman–Crippen LogP) is 4.62. The maximum Gasteiger partial charge on any atom is 0.225 e. The van der Waals surface area contributed by atoms with E-state index in [1.54, 1.807) is 18.2 Å². The summed E-state index contributed by atoms with van der Waals surface area (Å²) in [5.41, 5.74) is 1.21. The Morgan fingerprint density at radius 1 is 1.10 bits per heavy atom. The van der Waals surface area contributed by atoms with Crippen molar-refractivity contribution < 1.29 is 28.2 Å². The topological polar surface area (TPSA) is 87.2 Å². The van der Waals surface area contributed by atoms with Gasteiger partial charge in [0.05, 0.1) is 18.6 Å². The van der Waals surface area contributed by atoms with Crippen LogP contribution in [0.25, 0.3) is 0 Å². The Morgan fingerprint density at radius 3 is 2.71 bits per heavy atom. The molecule has 222 valence electrons. The molecule has 10 heteroatoms. The number of aliphatic hydroxyl groups excluding tert-OH is 1. The van der Waals surface area contributed by atoms with Crippen LogP contribution in [0, 0.1) is 17.6 Å². The van der Waals surface area contributed by atoms with Gasteiger partial charge in [0.1, 0.15) is 23.5 Å². The number of amides is 1. The minimum atomic E-state index is -1.06. The van der Waals surface area contributed by atoms with Gasteiger partial charge >= 0.3 is 0 Å². The van der Waals surface area contributed by atoms with Crippen molar-refractivity contribution in [3.8, 4) is 17.4 Å². The Kier molecular flexibility index (Phi) is 8.53. The number of rotatable bonds is 9. The molecule has 0 radical (unpaired) electrons. The van der Waals surface area contributed by atoms with Crippen LogP contribution in [0.15, 0.2) is 54.6 Å². The highest BCUT2D eigenvalue weighted by Gasteiger charge is 2.34. The minimum absolute atomic E-state index is 0.138. The molecule has 1 amide bonds. The van der Waals surface area contributed by atoms with Crippen LogP contribution in [0.5, 0.6) is 17.4 Å². The zero-order valence-corrected chi connectivity index (χ0v) is 23.5. The van der Waals surface area contributed by atoms with Gasteiger partial charge in [-0.05, 0) is 98.8 Å². The first-order valence-corrected chi connectivity index (χ1v) is 14.7. The van der Waals surface area contributed by atoms with E-state index >= 15 is 0 Å². The lowest BCUT2D eigenvalue weighted by Crippen LogP contribution is -2.48. The third-order valence-electron chi connectivity index (χ3n) is 8.31. The number of nitrogens with one attached hydrogen (secondary N) is 1. The smallest absolute Gasteiger partial charge is 0.225 e. The molecule has 3 atom stereocenters. The second-order valence-electron chi connectivity index (χ2n) is 11.3. The van der Waals surface area contributed by atoms with Gasteiger partial charge in [-0.15, -0.1) is 0 Å². The molecule has 4 heterocycles. The van der Waals surface area contributed by atoms with Crippen molar-refractivity contribution in [2.45, 2.75) is 44.2 Å². The molecule has 3 aliphatic heterocycles. The molecule has 0 unspecified atom stereocenters. The lowest BCUT2D eigenvalue weighted by molar-refractivity contribution is -0.126. The number of aliphatic hydroxyl groups is 1. The van der Waals surface area contributed by atoms with Crippen LogP contribution in [-0.2, 0) is 11.2 Å². The molecule has 8 nitrogen and oxygen atoms in total. The van der Waals surface area contributed by atoms with Crippen molar-refractivity contribution in [3.63, 3.8) is 0 Å². The number of aryl methyl sites for hydroxylation is 1. The molecule has 0 aliphatic carbocycles. The van der Waals surface area contributed by atoms with E-state index in [4.69, 9.17) is 9.47 Å². The Balaban J connectivity index is 1.13. The number of halogens is 2. The maximum atomic E-state index is 14.9. The molecule has 2 fully saturated rings. The van der Waals surface area contributed by atoms with Crippen molar-refractivity contribution >= 4 is 11.7 Å². The number of fused-ring (bicyclic) bond motifs is 1. The number of likely N-dealkylation sites (tertiary alicyclic amines) is 1. The van der Waals surface area contributed by atoms with E-state index in [0.29, 0.717) is 62.1 Å². The van der Waals surface area contributed by atoms with Gasteiger partial charge in [0.25, 0.3) is 0 Å². The molecule has 0 bridgehead atoms. The van der Waals surface area contributed by atoms with Crippen LogP contribution in [0.4, 0.5) is 14.6 Å². The first-order valence-electron chi connectivity index (χ1n) is 14.7. The number of hydrogen-bond acceptors (Lipinski definition) is 7. The van der Waals surface area contributed by atoms with E-state index in [1.807, 2.05) is 23.1 Å². The fourth-order valence-corrected chi connectivity index (χ4v) is 6.07. The lowest BCUT2D eigenvalue weighted by atomic mass is 9.95. The zero-order valence-electron chi connectivity index (χ0n) is 23.5. The molecule has 3 aromatic rings. The molecule has 3 aliphatic rings. The van der Waals surface area contributed by atoms with Crippen molar-refractivity contribution in [2.75, 3.05) is 44.2 Å². The average Bonchev–Trinajstić information content (AvgIpc) is 3.71. The van der Waals surface area contributed by atoms with Gasteiger partial charge in [0.15, 0.2) is 11.6 Å². The van der Waals surface area contributed by atoms with E-state index in [2.05, 4.69) is 15.2 Å². The molecule has 0 saturated carbocycles. The lowest BCUT2D eigenvalue weighted by Gasteiger charge is -2.30. The number of ether oxygens (including phenoxy) is 2. The van der Waals surface area contributed by atoms with Crippen molar-refractivity contribution in [2.24, 2.45) is 5.92 Å². The van der Waals surface area contributed by atoms with Crippen molar-refractivity contribution in [3.05, 3.63) is 77.4 Å². The zero-order chi connectivity index (χ0) is 29.1. The van der Waals surface area contributed by atoms with Gasteiger partial charge in [-0.2, -0.15) is 4.98 Å². The summed E-state index contributed by atoms with van der Waals surface area (Å²) < 4.78 is 39.4. The van der Waals surface area contributed by atoms with Crippen molar-refractivity contribution in [1.82, 2.24) is 15.2 Å². The highest BCUT2D eigenvalue weighted by molar-refractivity contribution is 5.80. The molecule has 2 saturated heterocycles. The number of benzene rings is 2. The molecule has 42 heavy (non-hydrogen) atoms. The van der Waals surface area contributed by atoms with E-state index in [0.717, 1.165) is 37.9 Å². The van der Waals surface area contributed by atoms with Gasteiger partial charge < -0.3 is 29.7 Å². The fourth-order valence-electron chi connectivity index (χ4n) is 6.07. The van der Waals surface area contributed by atoms with Gasteiger partial charge in [-0.25, -0.2) is 8.78 Å². The summed E-state index contributed by atoms with van der Waals surface area (Å²) in [5.74, 6) is 0.561. The van der Waals surface area contributed by atoms with Crippen LogP contribution in [-0.4, -0.2) is 66.3 Å². The number of carbonyl (C=O) groups is 1. The summed E-state index contributed by atoms with van der Waals surface area (Å²) >= 11 is 0. The largest absolute Gasteiger partial charge is 0.490 e. The molecule has 2 N–H and O–H groups in total. The summed E-state index contributed by atoms with van der Waals surface area (Å²) in [6, 6.07) is 13.7. The second-order valence-corrected chi connectivity index (χ2v) is 11.3. The predicted molar refractivity (Wildman–Crippen MR) is 154 cm³/mol. The number of hydrogen-bond donors (Lipinski definition) is 2.